The summed E-state index contributed by atoms with van der Waals surface area (Å²) in [6.07, 6.45) is 8.14. The van der Waals surface area contributed by atoms with Gasteiger partial charge in [0.1, 0.15) is 11.9 Å². The molecule has 1 saturated carbocycles. The van der Waals surface area contributed by atoms with E-state index >= 15 is 0 Å². The highest BCUT2D eigenvalue weighted by Gasteiger charge is 2.34. The minimum atomic E-state index is -0.403. The minimum Gasteiger partial charge on any atom is -0.334 e. The van der Waals surface area contributed by atoms with Crippen molar-refractivity contribution < 1.29 is 13.8 Å². The zero-order chi connectivity index (χ0) is 21.1. The lowest BCUT2D eigenvalue weighted by molar-refractivity contribution is -0.458. The molecule has 1 aliphatic heterocycles. The number of hydrogen-bond acceptors (Lipinski definition) is 3. The molecule has 2 aromatic rings. The molecular weight excluding hydrogens is 405 g/mol. The van der Waals surface area contributed by atoms with E-state index in [9.17, 15) is 9.18 Å². The van der Waals surface area contributed by atoms with E-state index in [1.807, 2.05) is 24.0 Å². The van der Waals surface area contributed by atoms with Gasteiger partial charge in [0.2, 0.25) is 0 Å². The number of hydrogen-bond donors (Lipinski definition) is 1. The average molecular weight is 431 g/mol. The predicted molar refractivity (Wildman–Crippen MR) is 114 cm³/mol. The summed E-state index contributed by atoms with van der Waals surface area (Å²) in [6, 6.07) is 7.14. The summed E-state index contributed by atoms with van der Waals surface area (Å²) >= 11 is 5.95. The van der Waals surface area contributed by atoms with Gasteiger partial charge in [-0.05, 0) is 61.5 Å². The zero-order valence-electron chi connectivity index (χ0n) is 17.0. The number of urea groups is 1. The average Bonchev–Trinajstić information content (AvgIpc) is 3.59. The molecule has 4 rings (SSSR count). The number of nitrogens with one attached hydrogen (secondary N) is 1. The first-order chi connectivity index (χ1) is 14.5. The van der Waals surface area contributed by atoms with Gasteiger partial charge < -0.3 is 10.2 Å². The third kappa shape index (κ3) is 4.95. The Morgan fingerprint density at radius 2 is 2.23 bits per heavy atom. The second kappa shape index (κ2) is 9.08. The smallest absolute Gasteiger partial charge is 0.334 e. The summed E-state index contributed by atoms with van der Waals surface area (Å²) in [6.45, 7) is 3.30. The fraction of sp³-hybridized carbons (Fsp3) is 0.455. The number of rotatable bonds is 5. The summed E-state index contributed by atoms with van der Waals surface area (Å²) in [7, 11) is 0. The van der Waals surface area contributed by atoms with Gasteiger partial charge in [-0.1, -0.05) is 11.6 Å². The first kappa shape index (κ1) is 20.7. The van der Waals surface area contributed by atoms with Gasteiger partial charge in [-0.15, -0.1) is 0 Å². The Bertz CT molecular complexity index is 948. The second-order valence-corrected chi connectivity index (χ2v) is 8.48. The molecule has 1 aromatic carbocycles. The van der Waals surface area contributed by atoms with E-state index in [4.69, 9.17) is 11.6 Å². The molecule has 2 fully saturated rings. The Balaban J connectivity index is 1.40. The van der Waals surface area contributed by atoms with Crippen molar-refractivity contribution in [2.45, 2.75) is 45.2 Å². The van der Waals surface area contributed by atoms with Crippen LogP contribution in [0.15, 0.2) is 30.5 Å². The van der Waals surface area contributed by atoms with Crippen LogP contribution in [0, 0.1) is 18.7 Å². The van der Waals surface area contributed by atoms with E-state index in [-0.39, 0.29) is 18.5 Å². The van der Waals surface area contributed by atoms with Crippen molar-refractivity contribution in [3.8, 4) is 0 Å². The molecule has 1 aliphatic carbocycles. The summed E-state index contributed by atoms with van der Waals surface area (Å²) in [5.74, 6) is 0.705. The van der Waals surface area contributed by atoms with Crippen molar-refractivity contribution in [3.63, 3.8) is 0 Å². The Morgan fingerprint density at radius 1 is 1.40 bits per heavy atom. The molecule has 8 heteroatoms. The molecule has 0 spiro atoms. The number of likely N-dealkylation sites (tertiary alicyclic amines) is 1. The van der Waals surface area contributed by atoms with Gasteiger partial charge in [-0.25, -0.2) is 13.8 Å². The largest absolute Gasteiger partial charge is 0.350 e. The van der Waals surface area contributed by atoms with Gasteiger partial charge >= 0.3 is 11.8 Å². The van der Waals surface area contributed by atoms with Crippen LogP contribution in [0.3, 0.4) is 0 Å². The maximum Gasteiger partial charge on any atom is 0.350 e. The van der Waals surface area contributed by atoms with E-state index in [0.717, 1.165) is 37.1 Å². The topological polar surface area (TPSA) is 61.1 Å². The molecule has 0 radical (unpaired) electrons. The number of carbonyl (C=O) groups is 1. The SMILES string of the molecule is Cc1cc(CNC(=O)N2CCCC(C=[N+](c3cccnn3)C3CC3)C2)c(F)cc1Cl. The fourth-order valence-electron chi connectivity index (χ4n) is 3.85. The lowest BCUT2D eigenvalue weighted by Crippen LogP contribution is -2.46. The number of nitrogens with zero attached hydrogens (tertiary/aromatic N) is 4. The Labute approximate surface area is 180 Å². The van der Waals surface area contributed by atoms with Gasteiger partial charge in [0.05, 0.1) is 17.5 Å². The van der Waals surface area contributed by atoms with Crippen LogP contribution < -0.4 is 5.32 Å². The summed E-state index contributed by atoms with van der Waals surface area (Å²) < 4.78 is 16.3. The number of aryl methyl sites for hydroxylation is 1. The molecule has 0 bridgehead atoms. The van der Waals surface area contributed by atoms with Crippen molar-refractivity contribution in [3.05, 3.63) is 52.4 Å². The van der Waals surface area contributed by atoms with Crippen molar-refractivity contribution in [2.75, 3.05) is 13.1 Å². The van der Waals surface area contributed by atoms with Gasteiger partial charge in [0.15, 0.2) is 0 Å². The van der Waals surface area contributed by atoms with Crippen LogP contribution in [0.5, 0.6) is 0 Å². The summed E-state index contributed by atoms with van der Waals surface area (Å²) in [5, 5.41) is 11.5. The third-order valence-electron chi connectivity index (χ3n) is 5.64. The van der Waals surface area contributed by atoms with Crippen LogP contribution >= 0.6 is 11.6 Å². The van der Waals surface area contributed by atoms with E-state index < -0.39 is 5.82 Å². The van der Waals surface area contributed by atoms with Crippen LogP contribution in [0.2, 0.25) is 5.02 Å². The van der Waals surface area contributed by atoms with Crippen molar-refractivity contribution in [1.29, 1.82) is 0 Å². The molecule has 2 heterocycles. The summed E-state index contributed by atoms with van der Waals surface area (Å²) in [5.41, 5.74) is 1.23. The molecule has 158 valence electrons. The monoisotopic (exact) mass is 430 g/mol. The molecular formula is C22H26ClFN5O+. The molecule has 1 unspecified atom stereocenters. The van der Waals surface area contributed by atoms with Crippen LogP contribution in [0.25, 0.3) is 0 Å². The molecule has 2 aliphatic rings. The van der Waals surface area contributed by atoms with Gasteiger partial charge in [0.25, 0.3) is 0 Å². The first-order valence-electron chi connectivity index (χ1n) is 10.4. The van der Waals surface area contributed by atoms with Gasteiger partial charge in [-0.3, -0.25) is 0 Å². The Kier molecular flexibility index (Phi) is 6.27. The molecule has 1 atom stereocenters. The second-order valence-electron chi connectivity index (χ2n) is 8.07. The van der Waals surface area contributed by atoms with Crippen LogP contribution in [0.1, 0.15) is 36.8 Å². The molecule has 2 amide bonds. The number of piperidine rings is 1. The number of amides is 2. The van der Waals surface area contributed by atoms with E-state index in [1.165, 1.54) is 6.07 Å². The summed E-state index contributed by atoms with van der Waals surface area (Å²) in [4.78, 5) is 14.5. The first-order valence-corrected chi connectivity index (χ1v) is 10.8. The lowest BCUT2D eigenvalue weighted by atomic mass is 9.99. The molecule has 1 saturated heterocycles. The van der Waals surface area contributed by atoms with Gasteiger partial charge in [-0.2, -0.15) is 0 Å². The maximum atomic E-state index is 14.1. The number of aromatic nitrogens is 2. The minimum absolute atomic E-state index is 0.140. The fourth-order valence-corrected chi connectivity index (χ4v) is 4.00. The number of benzene rings is 1. The van der Waals surface area contributed by atoms with Crippen LogP contribution in [-0.2, 0) is 6.54 Å². The van der Waals surface area contributed by atoms with Crippen LogP contribution in [-0.4, -0.2) is 51.0 Å². The normalized spacial score (nSPS) is 19.6. The van der Waals surface area contributed by atoms with Crippen molar-refractivity contribution >= 4 is 29.7 Å². The Hall–Kier alpha value is -2.54. The quantitative estimate of drug-likeness (QED) is 0.574. The van der Waals surface area contributed by atoms with Crippen LogP contribution in [0.4, 0.5) is 15.0 Å². The van der Waals surface area contributed by atoms with E-state index in [1.54, 1.807) is 12.3 Å². The van der Waals surface area contributed by atoms with Crippen molar-refractivity contribution in [2.24, 2.45) is 5.92 Å². The highest BCUT2D eigenvalue weighted by molar-refractivity contribution is 6.31. The predicted octanol–water partition coefficient (Wildman–Crippen LogP) is 4.08. The molecule has 30 heavy (non-hydrogen) atoms. The highest BCUT2D eigenvalue weighted by Crippen LogP contribution is 2.29. The standard InChI is InChI=1S/C22H25ClFN5O/c1-15-10-17(20(24)11-19(15)23)12-25-22(30)28-9-3-4-16(13-28)14-29(18-6-7-18)21-5-2-8-26-27-21/h2,5,8,10-11,14,16,18H,3-4,6-7,9,12-13H2,1H3/p+1. The van der Waals surface area contributed by atoms with E-state index in [2.05, 4.69) is 26.3 Å². The highest BCUT2D eigenvalue weighted by atomic mass is 35.5. The molecule has 6 nitrogen and oxygen atoms in total. The molecule has 1 aromatic heterocycles. The number of carbonyl (C=O) groups excluding carboxylic acids is 1. The molecule has 1 N–H and O–H groups in total. The maximum absolute atomic E-state index is 14.1. The third-order valence-corrected chi connectivity index (χ3v) is 6.04. The van der Waals surface area contributed by atoms with Crippen molar-refractivity contribution in [1.82, 2.24) is 20.4 Å². The van der Waals surface area contributed by atoms with Gasteiger partial charge in [0, 0.05) is 42.2 Å². The van der Waals surface area contributed by atoms with E-state index in [0.29, 0.717) is 29.7 Å². The zero-order valence-corrected chi connectivity index (χ0v) is 17.8. The Morgan fingerprint density at radius 3 is 2.97 bits per heavy atom. The number of halogens is 2. The lowest BCUT2D eigenvalue weighted by Gasteiger charge is -2.31.